The van der Waals surface area contributed by atoms with E-state index in [-0.39, 0.29) is 12.5 Å². The number of aromatic nitrogens is 2. The van der Waals surface area contributed by atoms with E-state index in [1.165, 1.54) is 0 Å². The van der Waals surface area contributed by atoms with Crippen molar-refractivity contribution in [1.82, 2.24) is 19.8 Å². The number of benzene rings is 1. The molecule has 2 N–H and O–H groups in total. The van der Waals surface area contributed by atoms with Crippen molar-refractivity contribution in [2.45, 2.75) is 19.3 Å². The summed E-state index contributed by atoms with van der Waals surface area (Å²) in [6.45, 7) is 0.412. The molecule has 25 heavy (non-hydrogen) atoms. The molecule has 2 aliphatic rings. The molecule has 1 saturated heterocycles. The van der Waals surface area contributed by atoms with Gasteiger partial charge in [0.2, 0.25) is 5.96 Å². The van der Waals surface area contributed by atoms with Crippen LogP contribution in [-0.4, -0.2) is 51.2 Å². The van der Waals surface area contributed by atoms with Gasteiger partial charge in [-0.1, -0.05) is 0 Å². The molecule has 9 heteroatoms. The summed E-state index contributed by atoms with van der Waals surface area (Å²) in [4.78, 5) is 22.1. The first kappa shape index (κ1) is 15.5. The minimum absolute atomic E-state index is 0.260. The number of carbonyl (C=O) groups is 1. The van der Waals surface area contributed by atoms with E-state index in [4.69, 9.17) is 9.47 Å². The number of imidazole rings is 1. The zero-order valence-electron chi connectivity index (χ0n) is 13.5. The third-order valence-electron chi connectivity index (χ3n) is 4.25. The summed E-state index contributed by atoms with van der Waals surface area (Å²) < 4.78 is 13.2. The van der Waals surface area contributed by atoms with Gasteiger partial charge in [0.05, 0.1) is 32.3 Å². The Morgan fingerprint density at radius 3 is 3.04 bits per heavy atom. The number of fused-ring (bicyclic) bond motifs is 2. The number of aliphatic imine (C=N–C) groups is 1. The van der Waals surface area contributed by atoms with Crippen LogP contribution in [0, 0.1) is 0 Å². The highest BCUT2D eigenvalue weighted by Gasteiger charge is 2.39. The molecule has 1 aromatic carbocycles. The lowest BCUT2D eigenvalue weighted by atomic mass is 10.1. The van der Waals surface area contributed by atoms with Crippen LogP contribution in [0.5, 0.6) is 11.5 Å². The van der Waals surface area contributed by atoms with E-state index in [1.54, 1.807) is 41.4 Å². The maximum Gasteiger partial charge on any atom is 0.251 e. The third kappa shape index (κ3) is 2.58. The Bertz CT molecular complexity index is 833. The highest BCUT2D eigenvalue weighted by atomic mass is 16.5. The Kier molecular flexibility index (Phi) is 3.77. The van der Waals surface area contributed by atoms with Gasteiger partial charge in [0.15, 0.2) is 18.2 Å². The lowest BCUT2D eigenvalue weighted by molar-refractivity contribution is -0.122. The molecule has 1 unspecified atom stereocenters. The first-order chi connectivity index (χ1) is 12.2. The average molecular weight is 343 g/mol. The number of hydrogen-bond acceptors (Lipinski definition) is 7. The highest BCUT2D eigenvalue weighted by molar-refractivity contribution is 6.08. The van der Waals surface area contributed by atoms with Crippen molar-refractivity contribution in [3.8, 4) is 11.5 Å². The molecule has 0 spiro atoms. The molecule has 0 radical (unpaired) electrons. The van der Waals surface area contributed by atoms with Gasteiger partial charge >= 0.3 is 0 Å². The Balaban J connectivity index is 1.65. The second kappa shape index (κ2) is 6.10. The van der Waals surface area contributed by atoms with Gasteiger partial charge in [-0.15, -0.1) is 0 Å². The van der Waals surface area contributed by atoms with E-state index in [2.05, 4.69) is 15.3 Å². The quantitative estimate of drug-likeness (QED) is 0.805. The Hall–Kier alpha value is -3.07. The molecule has 9 nitrogen and oxygen atoms in total. The molecule has 2 aliphatic heterocycles. The lowest BCUT2D eigenvalue weighted by Crippen LogP contribution is -2.39. The standard InChI is InChI=1S/C16H17N5O4/c1-24-14-10-6-21-12(7-22)15(23)19-16(21)18-11(10)2-3-13(14)25-9-20-5-4-17-8-20/h2-5,8,12,22H,6-7,9H2,1H3,(H,18,19,23). The SMILES string of the molecule is COc1c(OCn2ccnc2)ccc2c1CN1C(=N2)NC(=O)C1CO. The predicted octanol–water partition coefficient (Wildman–Crippen LogP) is 0.222. The number of aliphatic hydroxyl groups excluding tert-OH is 1. The summed E-state index contributed by atoms with van der Waals surface area (Å²) in [6.07, 6.45) is 5.14. The smallest absolute Gasteiger partial charge is 0.251 e. The summed E-state index contributed by atoms with van der Waals surface area (Å²) >= 11 is 0. The van der Waals surface area contributed by atoms with Crippen LogP contribution < -0.4 is 14.8 Å². The van der Waals surface area contributed by atoms with E-state index in [1.807, 2.05) is 6.07 Å². The first-order valence-electron chi connectivity index (χ1n) is 7.76. The number of rotatable bonds is 5. The molecule has 0 aliphatic carbocycles. The fourth-order valence-corrected chi connectivity index (χ4v) is 3.00. The summed E-state index contributed by atoms with van der Waals surface area (Å²) in [5.74, 6) is 1.33. The van der Waals surface area contributed by atoms with Gasteiger partial charge in [0, 0.05) is 18.0 Å². The molecule has 130 valence electrons. The van der Waals surface area contributed by atoms with Crippen molar-refractivity contribution >= 4 is 17.6 Å². The summed E-state index contributed by atoms with van der Waals surface area (Å²) in [5.41, 5.74) is 1.52. The van der Waals surface area contributed by atoms with Crippen LogP contribution in [0.1, 0.15) is 5.56 Å². The molecule has 1 atom stereocenters. The largest absolute Gasteiger partial charge is 0.492 e. The fourth-order valence-electron chi connectivity index (χ4n) is 3.00. The predicted molar refractivity (Wildman–Crippen MR) is 87.5 cm³/mol. The molecule has 0 saturated carbocycles. The van der Waals surface area contributed by atoms with Crippen LogP contribution in [-0.2, 0) is 18.1 Å². The van der Waals surface area contributed by atoms with Crippen molar-refractivity contribution in [3.63, 3.8) is 0 Å². The number of ether oxygens (including phenoxy) is 2. The van der Waals surface area contributed by atoms with Gasteiger partial charge in [-0.25, -0.2) is 9.98 Å². The molecular weight excluding hydrogens is 326 g/mol. The third-order valence-corrected chi connectivity index (χ3v) is 4.25. The van der Waals surface area contributed by atoms with E-state index >= 15 is 0 Å². The Morgan fingerprint density at radius 2 is 2.32 bits per heavy atom. The number of hydrogen-bond donors (Lipinski definition) is 2. The normalized spacial score (nSPS) is 18.3. The topological polar surface area (TPSA) is 101 Å². The molecule has 0 bridgehead atoms. The van der Waals surface area contributed by atoms with Gasteiger partial charge in [0.1, 0.15) is 6.04 Å². The zero-order valence-corrected chi connectivity index (χ0v) is 13.5. The minimum Gasteiger partial charge on any atom is -0.492 e. The minimum atomic E-state index is -0.646. The molecule has 3 heterocycles. The second-order valence-corrected chi connectivity index (χ2v) is 5.70. The second-order valence-electron chi connectivity index (χ2n) is 5.70. The van der Waals surface area contributed by atoms with Crippen LogP contribution in [0.25, 0.3) is 0 Å². The van der Waals surface area contributed by atoms with E-state index in [9.17, 15) is 9.90 Å². The van der Waals surface area contributed by atoms with Crippen LogP contribution in [0.2, 0.25) is 0 Å². The van der Waals surface area contributed by atoms with Gasteiger partial charge in [-0.3, -0.25) is 10.1 Å². The van der Waals surface area contributed by atoms with Crippen molar-refractivity contribution in [1.29, 1.82) is 0 Å². The number of amides is 1. The fraction of sp³-hybridized carbons (Fsp3) is 0.312. The van der Waals surface area contributed by atoms with Gasteiger partial charge < -0.3 is 24.0 Å². The summed E-state index contributed by atoms with van der Waals surface area (Å²) in [6, 6.07) is 2.96. The van der Waals surface area contributed by atoms with Crippen molar-refractivity contribution in [3.05, 3.63) is 36.4 Å². The molecule has 2 aromatic rings. The number of guanidine groups is 1. The van der Waals surface area contributed by atoms with Crippen LogP contribution in [0.15, 0.2) is 35.8 Å². The maximum atomic E-state index is 11.9. The number of aliphatic hydroxyl groups is 1. The molecule has 1 aromatic heterocycles. The number of nitrogens with zero attached hydrogens (tertiary/aromatic N) is 4. The number of methoxy groups -OCH3 is 1. The van der Waals surface area contributed by atoms with Gasteiger partial charge in [-0.2, -0.15) is 0 Å². The zero-order chi connectivity index (χ0) is 17.4. The Morgan fingerprint density at radius 1 is 1.44 bits per heavy atom. The summed E-state index contributed by atoms with van der Waals surface area (Å²) in [7, 11) is 1.57. The molecule has 1 fully saturated rings. The van der Waals surface area contributed by atoms with E-state index < -0.39 is 6.04 Å². The maximum absolute atomic E-state index is 11.9. The van der Waals surface area contributed by atoms with Crippen LogP contribution in [0.4, 0.5) is 5.69 Å². The molecule has 4 rings (SSSR count). The average Bonchev–Trinajstić information content (AvgIpc) is 3.23. The lowest BCUT2D eigenvalue weighted by Gasteiger charge is -2.28. The summed E-state index contributed by atoms with van der Waals surface area (Å²) in [5, 5.41) is 12.2. The van der Waals surface area contributed by atoms with Crippen molar-refractivity contribution in [2.24, 2.45) is 4.99 Å². The number of carbonyl (C=O) groups excluding carboxylic acids is 1. The van der Waals surface area contributed by atoms with Crippen molar-refractivity contribution in [2.75, 3.05) is 13.7 Å². The van der Waals surface area contributed by atoms with E-state index in [0.29, 0.717) is 36.4 Å². The monoisotopic (exact) mass is 343 g/mol. The van der Waals surface area contributed by atoms with Gasteiger partial charge in [-0.05, 0) is 12.1 Å². The van der Waals surface area contributed by atoms with Crippen molar-refractivity contribution < 1.29 is 19.4 Å². The van der Waals surface area contributed by atoms with Gasteiger partial charge in [0.25, 0.3) is 5.91 Å². The van der Waals surface area contributed by atoms with Crippen LogP contribution in [0.3, 0.4) is 0 Å². The number of nitrogens with one attached hydrogen (secondary N) is 1. The van der Waals surface area contributed by atoms with Crippen LogP contribution >= 0.6 is 0 Å². The van der Waals surface area contributed by atoms with E-state index in [0.717, 1.165) is 5.56 Å². The first-order valence-corrected chi connectivity index (χ1v) is 7.76. The molecular formula is C16H17N5O4. The highest BCUT2D eigenvalue weighted by Crippen LogP contribution is 2.41. The molecule has 1 amide bonds. The Labute approximate surface area is 143 Å².